The van der Waals surface area contributed by atoms with E-state index in [1.807, 2.05) is 45.0 Å². The zero-order valence-electron chi connectivity index (χ0n) is 15.0. The lowest BCUT2D eigenvalue weighted by molar-refractivity contribution is 0.0139. The molecule has 24 heavy (non-hydrogen) atoms. The van der Waals surface area contributed by atoms with Crippen LogP contribution in [0.25, 0.3) is 0 Å². The van der Waals surface area contributed by atoms with Gasteiger partial charge in [0.2, 0.25) is 0 Å². The Morgan fingerprint density at radius 1 is 1.17 bits per heavy atom. The lowest BCUT2D eigenvalue weighted by Gasteiger charge is -2.35. The van der Waals surface area contributed by atoms with Crippen LogP contribution in [0.2, 0.25) is 0 Å². The van der Waals surface area contributed by atoms with Gasteiger partial charge in [-0.25, -0.2) is 4.79 Å². The molecule has 0 radical (unpaired) electrons. The second kappa shape index (κ2) is 8.01. The molecule has 0 spiro atoms. The molecule has 1 saturated heterocycles. The number of carbonyl (C=O) groups is 1. The van der Waals surface area contributed by atoms with Gasteiger partial charge in [-0.3, -0.25) is 4.90 Å². The molecule has 132 valence electrons. The Morgan fingerprint density at radius 3 is 2.25 bits per heavy atom. The van der Waals surface area contributed by atoms with E-state index in [1.54, 1.807) is 4.90 Å². The van der Waals surface area contributed by atoms with Crippen LogP contribution in [0.4, 0.5) is 4.79 Å². The van der Waals surface area contributed by atoms with Gasteiger partial charge in [0, 0.05) is 39.8 Å². The molecule has 0 bridgehead atoms. The Kier molecular flexibility index (Phi) is 6.26. The molecule has 1 aliphatic rings. The molecule has 1 fully saturated rings. The molecule has 1 aromatic rings. The normalized spacial score (nSPS) is 16.1. The number of nitrogens with zero attached hydrogens (tertiary/aromatic N) is 2. The van der Waals surface area contributed by atoms with Gasteiger partial charge in [-0.1, -0.05) is 24.3 Å². The monoisotopic (exact) mass is 334 g/mol. The smallest absolute Gasteiger partial charge is 0.444 e. The van der Waals surface area contributed by atoms with Crippen molar-refractivity contribution in [2.24, 2.45) is 0 Å². The van der Waals surface area contributed by atoms with Crippen molar-refractivity contribution in [2.45, 2.75) is 32.9 Å². The van der Waals surface area contributed by atoms with Crippen LogP contribution in [0.5, 0.6) is 0 Å². The summed E-state index contributed by atoms with van der Waals surface area (Å²) in [7, 11) is 0.597. The minimum Gasteiger partial charge on any atom is -0.444 e. The van der Waals surface area contributed by atoms with Gasteiger partial charge in [0.05, 0.1) is 0 Å². The van der Waals surface area contributed by atoms with Crippen molar-refractivity contribution in [2.75, 3.05) is 33.3 Å². The van der Waals surface area contributed by atoms with Crippen molar-refractivity contribution in [1.82, 2.24) is 9.80 Å². The first kappa shape index (κ1) is 18.8. The number of ether oxygens (including phenoxy) is 1. The summed E-state index contributed by atoms with van der Waals surface area (Å²) >= 11 is 0. The topological polar surface area (TPSA) is 62.2 Å². The van der Waals surface area contributed by atoms with Crippen molar-refractivity contribution < 1.29 is 19.2 Å². The predicted molar refractivity (Wildman–Crippen MR) is 94.1 cm³/mol. The summed E-state index contributed by atoms with van der Waals surface area (Å²) in [4.78, 5) is 16.1. The quantitative estimate of drug-likeness (QED) is 0.835. The fraction of sp³-hybridized carbons (Fsp3) is 0.588. The Hall–Kier alpha value is -1.57. The fourth-order valence-corrected chi connectivity index (χ4v) is 2.60. The van der Waals surface area contributed by atoms with Crippen LogP contribution >= 0.6 is 0 Å². The molecule has 0 aliphatic carbocycles. The number of piperazine rings is 1. The van der Waals surface area contributed by atoms with Crippen molar-refractivity contribution >= 4 is 18.7 Å². The maximum atomic E-state index is 12.1. The van der Waals surface area contributed by atoms with Crippen LogP contribution in [-0.2, 0) is 15.9 Å². The summed E-state index contributed by atoms with van der Waals surface area (Å²) in [6, 6.07) is 7.75. The lowest BCUT2D eigenvalue weighted by Crippen LogP contribution is -2.49. The van der Waals surface area contributed by atoms with Gasteiger partial charge in [-0.15, -0.1) is 0 Å². The summed E-state index contributed by atoms with van der Waals surface area (Å²) in [6.45, 7) is 9.46. The Bertz CT molecular complexity index is 537. The first-order valence-electron chi connectivity index (χ1n) is 8.28. The van der Waals surface area contributed by atoms with Crippen LogP contribution < -0.4 is 5.46 Å². The van der Waals surface area contributed by atoms with E-state index in [0.29, 0.717) is 13.1 Å². The number of hydrogen-bond acceptors (Lipinski definition) is 5. The predicted octanol–water partition coefficient (Wildman–Crippen LogP) is 1.07. The Morgan fingerprint density at radius 2 is 1.75 bits per heavy atom. The van der Waals surface area contributed by atoms with Gasteiger partial charge in [0.1, 0.15) is 5.60 Å². The molecular weight excluding hydrogens is 307 g/mol. The second-order valence-electron chi connectivity index (χ2n) is 7.07. The van der Waals surface area contributed by atoms with E-state index in [2.05, 4.69) is 4.90 Å². The van der Waals surface area contributed by atoms with E-state index >= 15 is 0 Å². The highest BCUT2D eigenvalue weighted by molar-refractivity contribution is 6.59. The summed E-state index contributed by atoms with van der Waals surface area (Å²) in [5, 5.41) is 9.62. The average Bonchev–Trinajstić information content (AvgIpc) is 2.54. The molecular formula is C17H27BN2O4. The van der Waals surface area contributed by atoms with Gasteiger partial charge in [0.25, 0.3) is 0 Å². The Balaban J connectivity index is 1.81. The largest absolute Gasteiger partial charge is 0.490 e. The van der Waals surface area contributed by atoms with Gasteiger partial charge in [-0.2, -0.15) is 0 Å². The molecule has 1 aliphatic heterocycles. The average molecular weight is 334 g/mol. The Labute approximate surface area is 144 Å². The van der Waals surface area contributed by atoms with Crippen LogP contribution in [0.1, 0.15) is 26.3 Å². The van der Waals surface area contributed by atoms with Gasteiger partial charge < -0.3 is 19.3 Å². The van der Waals surface area contributed by atoms with E-state index < -0.39 is 12.7 Å². The maximum Gasteiger partial charge on any atom is 0.490 e. The van der Waals surface area contributed by atoms with Crippen molar-refractivity contribution in [3.63, 3.8) is 0 Å². The summed E-state index contributed by atoms with van der Waals surface area (Å²) in [5.41, 5.74) is 1.46. The minimum absolute atomic E-state index is 0.236. The standard InChI is InChI=1S/C17H27BN2O4/c1-17(2,3)24-16(21)20-11-9-19(10-12-20)13-14-5-7-15(8-6-14)18(22)23-4/h5-8,22H,9-13H2,1-4H3. The third kappa shape index (κ3) is 5.51. The second-order valence-corrected chi connectivity index (χ2v) is 7.07. The molecule has 0 unspecified atom stereocenters. The number of carbonyl (C=O) groups excluding carboxylic acids is 1. The molecule has 6 nitrogen and oxygen atoms in total. The number of benzene rings is 1. The molecule has 0 atom stereocenters. The third-order valence-electron chi connectivity index (χ3n) is 3.92. The summed E-state index contributed by atoms with van der Waals surface area (Å²) in [5.74, 6) is 0. The van der Waals surface area contributed by atoms with E-state index in [4.69, 9.17) is 9.39 Å². The van der Waals surface area contributed by atoms with E-state index in [9.17, 15) is 9.82 Å². The van der Waals surface area contributed by atoms with E-state index in [1.165, 1.54) is 12.7 Å². The highest BCUT2D eigenvalue weighted by Gasteiger charge is 2.25. The van der Waals surface area contributed by atoms with Crippen molar-refractivity contribution in [3.8, 4) is 0 Å². The SMILES string of the molecule is COB(O)c1ccc(CN2CCN(C(=O)OC(C)(C)C)CC2)cc1. The minimum atomic E-state index is -0.878. The van der Waals surface area contributed by atoms with Crippen LogP contribution in [0.15, 0.2) is 24.3 Å². The van der Waals surface area contributed by atoms with Crippen LogP contribution in [0.3, 0.4) is 0 Å². The first-order chi connectivity index (χ1) is 11.3. The van der Waals surface area contributed by atoms with Crippen LogP contribution in [0, 0.1) is 0 Å². The zero-order chi connectivity index (χ0) is 17.7. The summed E-state index contributed by atoms with van der Waals surface area (Å²) < 4.78 is 10.3. The van der Waals surface area contributed by atoms with Crippen molar-refractivity contribution in [3.05, 3.63) is 29.8 Å². The molecule has 1 heterocycles. The third-order valence-corrected chi connectivity index (χ3v) is 3.92. The molecule has 0 saturated carbocycles. The van der Waals surface area contributed by atoms with Crippen LogP contribution in [-0.4, -0.2) is 66.9 Å². The van der Waals surface area contributed by atoms with Gasteiger partial charge >= 0.3 is 13.2 Å². The van der Waals surface area contributed by atoms with Crippen molar-refractivity contribution in [1.29, 1.82) is 0 Å². The highest BCUT2D eigenvalue weighted by atomic mass is 16.6. The zero-order valence-corrected chi connectivity index (χ0v) is 15.0. The molecule has 1 amide bonds. The van der Waals surface area contributed by atoms with E-state index in [-0.39, 0.29) is 6.09 Å². The number of amides is 1. The molecule has 0 aromatic heterocycles. The van der Waals surface area contributed by atoms with E-state index in [0.717, 1.165) is 25.1 Å². The van der Waals surface area contributed by atoms with Gasteiger partial charge in [0.15, 0.2) is 0 Å². The molecule has 1 aromatic carbocycles. The highest BCUT2D eigenvalue weighted by Crippen LogP contribution is 2.13. The molecule has 2 rings (SSSR count). The molecule has 1 N–H and O–H groups in total. The van der Waals surface area contributed by atoms with Gasteiger partial charge in [-0.05, 0) is 31.8 Å². The maximum absolute atomic E-state index is 12.1. The first-order valence-corrected chi connectivity index (χ1v) is 8.28. The number of hydrogen-bond donors (Lipinski definition) is 1. The summed E-state index contributed by atoms with van der Waals surface area (Å²) in [6.07, 6.45) is -0.236. The lowest BCUT2D eigenvalue weighted by atomic mass is 9.79. The molecule has 7 heteroatoms. The number of rotatable bonds is 4. The fourth-order valence-electron chi connectivity index (χ4n) is 2.60.